The van der Waals surface area contributed by atoms with Crippen LogP contribution in [0.15, 0.2) is 12.2 Å². The van der Waals surface area contributed by atoms with Crippen LogP contribution in [-0.2, 0) is 9.53 Å². The van der Waals surface area contributed by atoms with E-state index in [0.29, 0.717) is 6.54 Å². The number of hydrogen-bond acceptors (Lipinski definition) is 6. The van der Waals surface area contributed by atoms with E-state index in [2.05, 4.69) is 52.2 Å². The van der Waals surface area contributed by atoms with E-state index in [1.807, 2.05) is 26.0 Å². The van der Waals surface area contributed by atoms with Crippen molar-refractivity contribution in [2.45, 2.75) is 114 Å². The van der Waals surface area contributed by atoms with Gasteiger partial charge in [0.05, 0.1) is 6.61 Å². The zero-order valence-electron chi connectivity index (χ0n) is 24.6. The van der Waals surface area contributed by atoms with Crippen LogP contribution in [0.1, 0.15) is 101 Å². The van der Waals surface area contributed by atoms with E-state index in [4.69, 9.17) is 4.74 Å². The summed E-state index contributed by atoms with van der Waals surface area (Å²) in [5, 5.41) is 34.2. The average molecular weight is 517 g/mol. The lowest BCUT2D eigenvalue weighted by Crippen LogP contribution is -2.51. The fourth-order valence-corrected chi connectivity index (χ4v) is 4.31. The van der Waals surface area contributed by atoms with Gasteiger partial charge in [-0.25, -0.2) is 4.79 Å². The molecule has 1 aliphatic carbocycles. The Morgan fingerprint density at radius 3 is 2.00 bits per heavy atom. The summed E-state index contributed by atoms with van der Waals surface area (Å²) in [4.78, 5) is 23.4. The summed E-state index contributed by atoms with van der Waals surface area (Å²) >= 11 is 0. The number of nitrogens with one attached hydrogen (secondary N) is 2. The number of aliphatic hydroxyl groups excluding tert-OH is 2. The molecule has 0 saturated heterocycles. The molecule has 0 aromatic carbocycles. The number of rotatable bonds is 10. The normalized spacial score (nSPS) is 23.4. The molecule has 0 aromatic rings. The number of carboxylic acid groups (broad SMARTS) is 1. The maximum atomic E-state index is 12.1. The van der Waals surface area contributed by atoms with Gasteiger partial charge in [0.1, 0.15) is 18.2 Å². The van der Waals surface area contributed by atoms with Gasteiger partial charge >= 0.3 is 12.1 Å². The second kappa shape index (κ2) is 17.8. The minimum absolute atomic E-state index is 0.0582. The Balaban J connectivity index is 0. The number of amides is 1. The Hall–Kier alpha value is -1.64. The van der Waals surface area contributed by atoms with Gasteiger partial charge in [-0.05, 0) is 63.2 Å². The standard InChI is InChI=1S/C19H36N2O6.C5H12.C4H8/c1-6-19(11-22,15(24)25)12-27-16(26)20-10-18(5)8-14(21-13(2)23)7-17(3,4)9-18;1-4-5(2)3;1-3-4-2/h13-14,21-23H,6-12H2,1-5H3,(H,20,26)(H,24,25);5H,4H2,1-3H3;3-4H,1-2H3/b;;4-3-. The molecule has 4 atom stereocenters. The number of allylic oxidation sites excluding steroid dienone is 2. The van der Waals surface area contributed by atoms with E-state index in [9.17, 15) is 24.9 Å². The van der Waals surface area contributed by atoms with Crippen molar-refractivity contribution < 1.29 is 29.6 Å². The van der Waals surface area contributed by atoms with Crippen LogP contribution in [0.2, 0.25) is 0 Å². The van der Waals surface area contributed by atoms with Crippen LogP contribution in [0.3, 0.4) is 0 Å². The fraction of sp³-hybridized carbons (Fsp3) is 0.857. The lowest BCUT2D eigenvalue weighted by atomic mass is 9.62. The SMILES string of the molecule is C/C=C\C.CCC(C)C.CCC(CO)(COC(=O)NCC1(C)CC(NC(C)O)CC(C)(C)C1)C(=O)O. The molecular weight excluding hydrogens is 460 g/mol. The summed E-state index contributed by atoms with van der Waals surface area (Å²) in [6, 6.07) is 0.144. The van der Waals surface area contributed by atoms with Crippen LogP contribution in [0.5, 0.6) is 0 Å². The van der Waals surface area contributed by atoms with Crippen LogP contribution in [0.4, 0.5) is 4.79 Å². The summed E-state index contributed by atoms with van der Waals surface area (Å²) in [6.45, 7) is 19.8. The molecule has 0 radical (unpaired) electrons. The Bertz CT molecular complexity index is 640. The molecule has 0 aromatic heterocycles. The molecule has 8 heteroatoms. The largest absolute Gasteiger partial charge is 0.481 e. The minimum atomic E-state index is -1.47. The van der Waals surface area contributed by atoms with Gasteiger partial charge in [-0.1, -0.05) is 67.0 Å². The van der Waals surface area contributed by atoms with Crippen molar-refractivity contribution in [3.63, 3.8) is 0 Å². The van der Waals surface area contributed by atoms with Crippen molar-refractivity contribution in [3.05, 3.63) is 12.2 Å². The number of hydrogen-bond donors (Lipinski definition) is 5. The smallest absolute Gasteiger partial charge is 0.407 e. The first kappa shape index (κ1) is 36.5. The quantitative estimate of drug-likeness (QED) is 0.196. The molecular formula is C28H56N2O6. The van der Waals surface area contributed by atoms with Gasteiger partial charge in [-0.15, -0.1) is 0 Å². The maximum Gasteiger partial charge on any atom is 0.407 e. The molecule has 0 aliphatic heterocycles. The third-order valence-corrected chi connectivity index (χ3v) is 6.64. The third kappa shape index (κ3) is 15.5. The predicted molar refractivity (Wildman–Crippen MR) is 147 cm³/mol. The second-order valence-corrected chi connectivity index (χ2v) is 11.6. The molecule has 0 spiro atoms. The van der Waals surface area contributed by atoms with Crippen LogP contribution in [-0.4, -0.2) is 59.4 Å². The maximum absolute atomic E-state index is 12.1. The highest BCUT2D eigenvalue weighted by molar-refractivity contribution is 5.75. The van der Waals surface area contributed by atoms with Gasteiger partial charge in [0.25, 0.3) is 0 Å². The number of carbonyl (C=O) groups is 2. The van der Waals surface area contributed by atoms with Gasteiger partial charge in [0, 0.05) is 12.6 Å². The van der Waals surface area contributed by atoms with E-state index < -0.39 is 30.3 Å². The van der Waals surface area contributed by atoms with Crippen molar-refractivity contribution in [1.82, 2.24) is 10.6 Å². The van der Waals surface area contributed by atoms with Crippen molar-refractivity contribution in [2.75, 3.05) is 19.8 Å². The zero-order chi connectivity index (χ0) is 28.6. The highest BCUT2D eigenvalue weighted by Gasteiger charge is 2.42. The van der Waals surface area contributed by atoms with E-state index in [1.54, 1.807) is 13.8 Å². The van der Waals surface area contributed by atoms with Crippen LogP contribution < -0.4 is 10.6 Å². The molecule has 4 unspecified atom stereocenters. The third-order valence-electron chi connectivity index (χ3n) is 6.64. The first-order chi connectivity index (χ1) is 16.6. The lowest BCUT2D eigenvalue weighted by Gasteiger charge is -2.47. The molecule has 1 aliphatic rings. The van der Waals surface area contributed by atoms with E-state index >= 15 is 0 Å². The Labute approximate surface area is 220 Å². The molecule has 214 valence electrons. The summed E-state index contributed by atoms with van der Waals surface area (Å²) in [5.41, 5.74) is -1.60. The first-order valence-corrected chi connectivity index (χ1v) is 13.3. The number of carboxylic acids is 1. The topological polar surface area (TPSA) is 128 Å². The molecule has 5 N–H and O–H groups in total. The van der Waals surface area contributed by atoms with Crippen molar-refractivity contribution in [3.8, 4) is 0 Å². The van der Waals surface area contributed by atoms with Gasteiger partial charge in [0.15, 0.2) is 0 Å². The summed E-state index contributed by atoms with van der Waals surface area (Å²) in [7, 11) is 0. The van der Waals surface area contributed by atoms with Crippen molar-refractivity contribution in [1.29, 1.82) is 0 Å². The van der Waals surface area contributed by atoms with Gasteiger partial charge < -0.3 is 25.4 Å². The van der Waals surface area contributed by atoms with Gasteiger partial charge in [-0.2, -0.15) is 0 Å². The Morgan fingerprint density at radius 1 is 1.11 bits per heavy atom. The zero-order valence-corrected chi connectivity index (χ0v) is 24.6. The highest BCUT2D eigenvalue weighted by atomic mass is 16.6. The fourth-order valence-electron chi connectivity index (χ4n) is 4.31. The molecule has 1 amide bonds. The summed E-state index contributed by atoms with van der Waals surface area (Å²) in [5.74, 6) is -0.302. The van der Waals surface area contributed by atoms with Crippen LogP contribution >= 0.6 is 0 Å². The monoisotopic (exact) mass is 516 g/mol. The minimum Gasteiger partial charge on any atom is -0.481 e. The second-order valence-electron chi connectivity index (χ2n) is 11.6. The predicted octanol–water partition coefficient (Wildman–Crippen LogP) is 5.33. The average Bonchev–Trinajstić information content (AvgIpc) is 2.77. The Morgan fingerprint density at radius 2 is 1.64 bits per heavy atom. The number of ether oxygens (including phenoxy) is 1. The van der Waals surface area contributed by atoms with E-state index in [0.717, 1.165) is 25.2 Å². The first-order valence-electron chi connectivity index (χ1n) is 13.3. The number of aliphatic carboxylic acids is 1. The van der Waals surface area contributed by atoms with Crippen LogP contribution in [0.25, 0.3) is 0 Å². The molecule has 36 heavy (non-hydrogen) atoms. The summed E-state index contributed by atoms with van der Waals surface area (Å²) in [6.07, 6.45) is 6.82. The highest BCUT2D eigenvalue weighted by Crippen LogP contribution is 2.45. The van der Waals surface area contributed by atoms with Crippen LogP contribution in [0, 0.1) is 22.2 Å². The van der Waals surface area contributed by atoms with Crippen molar-refractivity contribution >= 4 is 12.1 Å². The number of alkyl carbamates (subject to hydrolysis) is 1. The molecule has 0 heterocycles. The molecule has 1 fully saturated rings. The molecule has 8 nitrogen and oxygen atoms in total. The molecule has 1 rings (SSSR count). The van der Waals surface area contributed by atoms with E-state index in [1.165, 1.54) is 6.42 Å². The van der Waals surface area contributed by atoms with E-state index in [-0.39, 0.29) is 29.9 Å². The molecule has 0 bridgehead atoms. The Kier molecular flexibility index (Phi) is 18.0. The van der Waals surface area contributed by atoms with Gasteiger partial charge in [-0.3, -0.25) is 10.1 Å². The molecule has 1 saturated carbocycles. The van der Waals surface area contributed by atoms with Crippen molar-refractivity contribution in [2.24, 2.45) is 22.2 Å². The number of carbonyl (C=O) groups excluding carboxylic acids is 1. The number of aliphatic hydroxyl groups is 2. The summed E-state index contributed by atoms with van der Waals surface area (Å²) < 4.78 is 5.08. The van der Waals surface area contributed by atoms with Gasteiger partial charge in [0.2, 0.25) is 0 Å². The lowest BCUT2D eigenvalue weighted by molar-refractivity contribution is -0.154.